The molecule has 26 heavy (non-hydrogen) atoms. The molecule has 0 saturated heterocycles. The summed E-state index contributed by atoms with van der Waals surface area (Å²) in [5.74, 6) is 0.711. The highest BCUT2D eigenvalue weighted by molar-refractivity contribution is 7.91. The maximum absolute atomic E-state index is 12.4. The van der Waals surface area contributed by atoms with Gasteiger partial charge in [0.1, 0.15) is 5.75 Å². The van der Waals surface area contributed by atoms with E-state index in [4.69, 9.17) is 14.2 Å². The Hall–Kier alpha value is -2.74. The molecule has 2 aromatic carbocycles. The number of ether oxygens (including phenoxy) is 3. The molecule has 2 rings (SSSR count). The second-order valence-electron chi connectivity index (χ2n) is 5.29. The number of rotatable bonds is 9. The largest absolute Gasteiger partial charge is 0.493 e. The van der Waals surface area contributed by atoms with Gasteiger partial charge >= 0.3 is 0 Å². The number of methoxy groups -OCH3 is 2. The van der Waals surface area contributed by atoms with Gasteiger partial charge in [-0.2, -0.15) is 0 Å². The van der Waals surface area contributed by atoms with Crippen LogP contribution < -0.4 is 19.5 Å². The van der Waals surface area contributed by atoms with Crippen LogP contribution in [0.4, 0.5) is 0 Å². The van der Waals surface area contributed by atoms with Gasteiger partial charge in [0.25, 0.3) is 5.91 Å². The predicted octanol–water partition coefficient (Wildman–Crippen LogP) is 1.67. The topological polar surface area (TPSA) is 90.9 Å². The summed E-state index contributed by atoms with van der Waals surface area (Å²) in [7, 11) is -0.669. The third-order valence-electron chi connectivity index (χ3n) is 3.52. The summed E-state index contributed by atoms with van der Waals surface area (Å²) in [6.45, 7) is -0.200. The quantitative estimate of drug-likeness (QED) is 0.713. The number of benzene rings is 2. The lowest BCUT2D eigenvalue weighted by molar-refractivity contribution is -0.122. The minimum Gasteiger partial charge on any atom is -0.493 e. The third kappa shape index (κ3) is 5.38. The number of carbonyl (C=O) groups is 1. The number of hydrogen-bond acceptors (Lipinski definition) is 6. The molecule has 0 radical (unpaired) electrons. The van der Waals surface area contributed by atoms with E-state index in [1.165, 1.54) is 32.4 Å². The molecule has 0 aliphatic carbocycles. The summed E-state index contributed by atoms with van der Waals surface area (Å²) in [4.78, 5) is 11.9. The lowest BCUT2D eigenvalue weighted by Crippen LogP contribution is -2.32. The van der Waals surface area contributed by atoms with Crippen LogP contribution in [0.3, 0.4) is 0 Å². The Morgan fingerprint density at radius 2 is 1.69 bits per heavy atom. The summed E-state index contributed by atoms with van der Waals surface area (Å²) < 4.78 is 40.3. The molecular weight excluding hydrogens is 358 g/mol. The van der Waals surface area contributed by atoms with Gasteiger partial charge in [0.15, 0.2) is 27.9 Å². The van der Waals surface area contributed by atoms with Crippen molar-refractivity contribution in [3.05, 3.63) is 48.5 Å². The zero-order valence-electron chi connectivity index (χ0n) is 14.6. The van der Waals surface area contributed by atoms with Crippen LogP contribution in [-0.4, -0.2) is 47.4 Å². The first-order chi connectivity index (χ1) is 12.5. The molecule has 0 saturated carbocycles. The van der Waals surface area contributed by atoms with E-state index in [9.17, 15) is 13.2 Å². The molecule has 7 nitrogen and oxygen atoms in total. The molecule has 0 atom stereocenters. The molecule has 0 heterocycles. The Labute approximate surface area is 152 Å². The van der Waals surface area contributed by atoms with E-state index >= 15 is 0 Å². The van der Waals surface area contributed by atoms with E-state index in [1.54, 1.807) is 24.3 Å². The van der Waals surface area contributed by atoms with Crippen LogP contribution in [0.2, 0.25) is 0 Å². The highest BCUT2D eigenvalue weighted by Crippen LogP contribution is 2.29. The van der Waals surface area contributed by atoms with Crippen molar-refractivity contribution in [2.24, 2.45) is 0 Å². The standard InChI is InChI=1S/C18H21NO6S/c1-23-16-9-8-15(12-17(16)24-2)26(21,22)11-10-19-18(20)13-25-14-6-4-3-5-7-14/h3-9,12H,10-11,13H2,1-2H3,(H,19,20). The number of sulfone groups is 1. The van der Waals surface area contributed by atoms with Crippen LogP contribution in [0.25, 0.3) is 0 Å². The van der Waals surface area contributed by atoms with Crippen molar-refractivity contribution in [2.75, 3.05) is 33.1 Å². The molecule has 0 aliphatic heterocycles. The first-order valence-corrected chi connectivity index (χ1v) is 9.51. The van der Waals surface area contributed by atoms with Crippen LogP contribution in [-0.2, 0) is 14.6 Å². The van der Waals surface area contributed by atoms with Crippen molar-refractivity contribution in [1.29, 1.82) is 0 Å². The molecule has 140 valence electrons. The van der Waals surface area contributed by atoms with Crippen molar-refractivity contribution < 1.29 is 27.4 Å². The van der Waals surface area contributed by atoms with E-state index in [1.807, 2.05) is 6.07 Å². The molecular formula is C18H21NO6S. The molecule has 0 fully saturated rings. The number of carbonyl (C=O) groups excluding carboxylic acids is 1. The van der Waals surface area contributed by atoms with Crippen molar-refractivity contribution in [2.45, 2.75) is 4.90 Å². The van der Waals surface area contributed by atoms with E-state index in [-0.39, 0.29) is 23.8 Å². The monoisotopic (exact) mass is 379 g/mol. The second-order valence-corrected chi connectivity index (χ2v) is 7.40. The van der Waals surface area contributed by atoms with Crippen molar-refractivity contribution >= 4 is 15.7 Å². The molecule has 0 aromatic heterocycles. The van der Waals surface area contributed by atoms with Gasteiger partial charge in [-0.1, -0.05) is 18.2 Å². The third-order valence-corrected chi connectivity index (χ3v) is 5.23. The fourth-order valence-corrected chi connectivity index (χ4v) is 3.34. The maximum atomic E-state index is 12.4. The van der Waals surface area contributed by atoms with Gasteiger partial charge in [-0.15, -0.1) is 0 Å². The molecule has 0 unspecified atom stereocenters. The second kappa shape index (κ2) is 9.10. The van der Waals surface area contributed by atoms with Gasteiger partial charge in [0.2, 0.25) is 0 Å². The van der Waals surface area contributed by atoms with Gasteiger partial charge in [-0.05, 0) is 24.3 Å². The van der Waals surface area contributed by atoms with Crippen LogP contribution in [0.1, 0.15) is 0 Å². The molecule has 8 heteroatoms. The van der Waals surface area contributed by atoms with Crippen LogP contribution in [0.5, 0.6) is 17.2 Å². The Morgan fingerprint density at radius 3 is 2.35 bits per heavy atom. The SMILES string of the molecule is COc1ccc(S(=O)(=O)CCNC(=O)COc2ccccc2)cc1OC. The Kier molecular flexibility index (Phi) is 6.85. The zero-order valence-corrected chi connectivity index (χ0v) is 15.4. The molecule has 1 amide bonds. The number of nitrogens with one attached hydrogen (secondary N) is 1. The van der Waals surface area contributed by atoms with E-state index < -0.39 is 15.7 Å². The zero-order chi connectivity index (χ0) is 19.0. The first-order valence-electron chi connectivity index (χ1n) is 7.85. The van der Waals surface area contributed by atoms with E-state index in [2.05, 4.69) is 5.32 Å². The lowest BCUT2D eigenvalue weighted by atomic mass is 10.3. The minimum atomic E-state index is -3.57. The molecule has 2 aromatic rings. The fourth-order valence-electron chi connectivity index (χ4n) is 2.17. The molecule has 0 aliphatic rings. The van der Waals surface area contributed by atoms with E-state index in [0.717, 1.165) is 0 Å². The molecule has 0 spiro atoms. The van der Waals surface area contributed by atoms with Gasteiger partial charge in [0, 0.05) is 12.6 Å². The van der Waals surface area contributed by atoms with E-state index in [0.29, 0.717) is 17.2 Å². The Morgan fingerprint density at radius 1 is 1.00 bits per heavy atom. The van der Waals surface area contributed by atoms with Crippen LogP contribution in [0.15, 0.2) is 53.4 Å². The lowest BCUT2D eigenvalue weighted by Gasteiger charge is -2.11. The summed E-state index contributed by atoms with van der Waals surface area (Å²) in [6, 6.07) is 13.3. The normalized spacial score (nSPS) is 10.8. The van der Waals surface area contributed by atoms with Crippen molar-refractivity contribution in [1.82, 2.24) is 5.32 Å². The average Bonchev–Trinajstić information content (AvgIpc) is 2.66. The number of para-hydroxylation sites is 1. The van der Waals surface area contributed by atoms with Gasteiger partial charge < -0.3 is 19.5 Å². The number of hydrogen-bond donors (Lipinski definition) is 1. The Bertz CT molecular complexity index is 836. The van der Waals surface area contributed by atoms with Crippen molar-refractivity contribution in [3.63, 3.8) is 0 Å². The minimum absolute atomic E-state index is 0.0202. The van der Waals surface area contributed by atoms with Crippen LogP contribution in [0, 0.1) is 0 Å². The molecule has 1 N–H and O–H groups in total. The predicted molar refractivity (Wildman–Crippen MR) is 96.5 cm³/mol. The number of amides is 1. The summed E-state index contributed by atoms with van der Waals surface area (Å²) in [5, 5.41) is 2.53. The van der Waals surface area contributed by atoms with Crippen molar-refractivity contribution in [3.8, 4) is 17.2 Å². The smallest absolute Gasteiger partial charge is 0.257 e. The van der Waals surface area contributed by atoms with Gasteiger partial charge in [-0.3, -0.25) is 4.79 Å². The summed E-state index contributed by atoms with van der Waals surface area (Å²) in [6.07, 6.45) is 0. The first kappa shape index (κ1) is 19.6. The highest BCUT2D eigenvalue weighted by atomic mass is 32.2. The summed E-state index contributed by atoms with van der Waals surface area (Å²) >= 11 is 0. The summed E-state index contributed by atoms with van der Waals surface area (Å²) in [5.41, 5.74) is 0. The van der Waals surface area contributed by atoms with Crippen LogP contribution >= 0.6 is 0 Å². The average molecular weight is 379 g/mol. The molecule has 0 bridgehead atoms. The fraction of sp³-hybridized carbons (Fsp3) is 0.278. The maximum Gasteiger partial charge on any atom is 0.257 e. The highest BCUT2D eigenvalue weighted by Gasteiger charge is 2.17. The Balaban J connectivity index is 1.87. The van der Waals surface area contributed by atoms with Gasteiger partial charge in [0.05, 0.1) is 24.9 Å². The van der Waals surface area contributed by atoms with Gasteiger partial charge in [-0.25, -0.2) is 8.42 Å².